The molecule has 1 aliphatic heterocycles. The van der Waals surface area contributed by atoms with Crippen LogP contribution in [-0.2, 0) is 16.1 Å². The van der Waals surface area contributed by atoms with Crippen LogP contribution in [0.15, 0.2) is 65.0 Å². The van der Waals surface area contributed by atoms with Gasteiger partial charge in [-0.3, -0.25) is 0 Å². The van der Waals surface area contributed by atoms with Gasteiger partial charge in [-0.05, 0) is 42.9 Å². The average Bonchev–Trinajstić information content (AvgIpc) is 3.19. The lowest BCUT2D eigenvalue weighted by atomic mass is 9.96. The van der Waals surface area contributed by atoms with Gasteiger partial charge in [0.05, 0.1) is 12.7 Å². The van der Waals surface area contributed by atoms with Crippen LogP contribution in [0, 0.1) is 6.92 Å². The van der Waals surface area contributed by atoms with Crippen LogP contribution in [0.25, 0.3) is 0 Å². The number of hydrogen-bond acceptors (Lipinski definition) is 7. The summed E-state index contributed by atoms with van der Waals surface area (Å²) in [7, 11) is 1.39. The molecule has 0 saturated heterocycles. The molecule has 1 aromatic heterocycles. The number of esters is 1. The smallest absolute Gasteiger partial charge is 0.338 e. The van der Waals surface area contributed by atoms with Gasteiger partial charge >= 0.3 is 5.97 Å². The molecule has 0 amide bonds. The molecule has 166 valence electrons. The van der Waals surface area contributed by atoms with Gasteiger partial charge in [0.1, 0.15) is 18.4 Å². The highest BCUT2D eigenvalue weighted by molar-refractivity contribution is 7.99. The largest absolute Gasteiger partial charge is 0.489 e. The molecule has 0 bridgehead atoms. The molecule has 1 N–H and O–H groups in total. The SMILES string of the molecule is CCSc1nc2n(n1)C(c1ccc(OCc3cccc(C)c3)cc1)C(C(=O)OC)=C(C)N2. The van der Waals surface area contributed by atoms with Gasteiger partial charge in [-0.25, -0.2) is 9.48 Å². The lowest BCUT2D eigenvalue weighted by Gasteiger charge is -2.27. The monoisotopic (exact) mass is 450 g/mol. The number of fused-ring (bicyclic) bond motifs is 1. The number of rotatable bonds is 7. The molecule has 4 rings (SSSR count). The van der Waals surface area contributed by atoms with E-state index in [9.17, 15) is 4.79 Å². The van der Waals surface area contributed by atoms with E-state index < -0.39 is 12.0 Å². The van der Waals surface area contributed by atoms with E-state index in [-0.39, 0.29) is 0 Å². The number of methoxy groups -OCH3 is 1. The maximum atomic E-state index is 12.6. The second-order valence-corrected chi connectivity index (χ2v) is 8.73. The highest BCUT2D eigenvalue weighted by Gasteiger charge is 2.34. The van der Waals surface area contributed by atoms with Crippen molar-refractivity contribution in [3.8, 4) is 5.75 Å². The Bertz CT molecular complexity index is 1150. The Morgan fingerprint density at radius 3 is 2.66 bits per heavy atom. The summed E-state index contributed by atoms with van der Waals surface area (Å²) in [5, 5.41) is 8.49. The van der Waals surface area contributed by atoms with Gasteiger partial charge in [-0.2, -0.15) is 4.98 Å². The van der Waals surface area contributed by atoms with Crippen molar-refractivity contribution in [2.45, 2.75) is 38.6 Å². The number of aryl methyl sites for hydroxylation is 1. The number of anilines is 1. The molecule has 0 saturated carbocycles. The van der Waals surface area contributed by atoms with Crippen LogP contribution in [0.4, 0.5) is 5.95 Å². The molecule has 2 heterocycles. The molecule has 0 aliphatic carbocycles. The molecule has 0 radical (unpaired) electrons. The summed E-state index contributed by atoms with van der Waals surface area (Å²) in [4.78, 5) is 17.2. The topological polar surface area (TPSA) is 78.3 Å². The summed E-state index contributed by atoms with van der Waals surface area (Å²) in [6.07, 6.45) is 0. The minimum Gasteiger partial charge on any atom is -0.489 e. The maximum absolute atomic E-state index is 12.6. The van der Waals surface area contributed by atoms with Gasteiger partial charge in [-0.15, -0.1) is 5.10 Å². The van der Waals surface area contributed by atoms with Crippen molar-refractivity contribution < 1.29 is 14.3 Å². The second kappa shape index (κ2) is 9.48. The van der Waals surface area contributed by atoms with Crippen LogP contribution in [0.1, 0.15) is 36.6 Å². The first-order valence-corrected chi connectivity index (χ1v) is 11.4. The van der Waals surface area contributed by atoms with Crippen LogP contribution in [0.2, 0.25) is 0 Å². The Morgan fingerprint density at radius 2 is 1.97 bits per heavy atom. The van der Waals surface area contributed by atoms with E-state index in [0.717, 1.165) is 22.6 Å². The first-order valence-electron chi connectivity index (χ1n) is 10.4. The third-order valence-corrected chi connectivity index (χ3v) is 5.92. The van der Waals surface area contributed by atoms with E-state index in [1.165, 1.54) is 12.7 Å². The van der Waals surface area contributed by atoms with E-state index in [4.69, 9.17) is 9.47 Å². The van der Waals surface area contributed by atoms with Gasteiger partial charge in [-0.1, -0.05) is 60.6 Å². The van der Waals surface area contributed by atoms with E-state index in [1.807, 2.05) is 43.3 Å². The zero-order chi connectivity index (χ0) is 22.7. The van der Waals surface area contributed by atoms with Crippen molar-refractivity contribution in [3.63, 3.8) is 0 Å². The third kappa shape index (κ3) is 4.50. The number of nitrogens with zero attached hydrogens (tertiary/aromatic N) is 3. The Morgan fingerprint density at radius 1 is 1.19 bits per heavy atom. The number of carbonyl (C=O) groups is 1. The quantitative estimate of drug-likeness (QED) is 0.411. The van der Waals surface area contributed by atoms with Crippen molar-refractivity contribution in [2.75, 3.05) is 18.2 Å². The Hall–Kier alpha value is -3.26. The highest BCUT2D eigenvalue weighted by Crippen LogP contribution is 2.37. The predicted octanol–water partition coefficient (Wildman–Crippen LogP) is 4.74. The van der Waals surface area contributed by atoms with Gasteiger partial charge < -0.3 is 14.8 Å². The summed E-state index contributed by atoms with van der Waals surface area (Å²) in [5.41, 5.74) is 4.43. The van der Waals surface area contributed by atoms with Gasteiger partial charge in [0.25, 0.3) is 0 Å². The number of nitrogens with one attached hydrogen (secondary N) is 1. The lowest BCUT2D eigenvalue weighted by molar-refractivity contribution is -0.136. The van der Waals surface area contributed by atoms with Crippen molar-refractivity contribution in [1.29, 1.82) is 0 Å². The molecule has 7 nitrogen and oxygen atoms in total. The minimum atomic E-state index is -0.441. The number of thioether (sulfide) groups is 1. The van der Waals surface area contributed by atoms with Crippen LogP contribution in [0.5, 0.6) is 5.75 Å². The average molecular weight is 451 g/mol. The molecular weight excluding hydrogens is 424 g/mol. The van der Waals surface area contributed by atoms with Gasteiger partial charge in [0.15, 0.2) is 0 Å². The molecule has 2 aromatic carbocycles. The molecule has 1 atom stereocenters. The lowest BCUT2D eigenvalue weighted by Crippen LogP contribution is -2.29. The second-order valence-electron chi connectivity index (χ2n) is 7.50. The van der Waals surface area contributed by atoms with E-state index in [0.29, 0.717) is 29.0 Å². The molecule has 8 heteroatoms. The number of benzene rings is 2. The number of ether oxygens (including phenoxy) is 2. The zero-order valence-corrected chi connectivity index (χ0v) is 19.4. The predicted molar refractivity (Wildman–Crippen MR) is 125 cm³/mol. The van der Waals surface area contributed by atoms with Crippen molar-refractivity contribution >= 4 is 23.7 Å². The molecule has 0 fully saturated rings. The van der Waals surface area contributed by atoms with Crippen molar-refractivity contribution in [1.82, 2.24) is 14.8 Å². The summed E-state index contributed by atoms with van der Waals surface area (Å²) in [6, 6.07) is 15.5. The zero-order valence-electron chi connectivity index (χ0n) is 18.6. The molecule has 0 spiro atoms. The van der Waals surface area contributed by atoms with Gasteiger partial charge in [0.2, 0.25) is 11.1 Å². The van der Waals surface area contributed by atoms with Crippen molar-refractivity contribution in [3.05, 3.63) is 76.5 Å². The minimum absolute atomic E-state index is 0.398. The first-order chi connectivity index (χ1) is 15.5. The van der Waals surface area contributed by atoms with E-state index in [1.54, 1.807) is 16.4 Å². The summed E-state index contributed by atoms with van der Waals surface area (Å²) in [5.74, 6) is 1.82. The Balaban J connectivity index is 1.63. The maximum Gasteiger partial charge on any atom is 0.338 e. The fourth-order valence-corrected chi connectivity index (χ4v) is 4.27. The fourth-order valence-electron chi connectivity index (χ4n) is 3.72. The number of carbonyl (C=O) groups excluding carboxylic acids is 1. The summed E-state index contributed by atoms with van der Waals surface area (Å²) >= 11 is 1.55. The molecule has 3 aromatic rings. The van der Waals surface area contributed by atoms with Crippen LogP contribution < -0.4 is 10.1 Å². The summed E-state index contributed by atoms with van der Waals surface area (Å²) in [6.45, 7) is 6.46. The normalized spacial score (nSPS) is 15.2. The number of aromatic nitrogens is 3. The number of allylic oxidation sites excluding steroid dienone is 1. The first kappa shape index (κ1) is 22.0. The van der Waals surface area contributed by atoms with Crippen LogP contribution in [0.3, 0.4) is 0 Å². The van der Waals surface area contributed by atoms with Gasteiger partial charge in [0, 0.05) is 5.70 Å². The van der Waals surface area contributed by atoms with Crippen molar-refractivity contribution in [2.24, 2.45) is 0 Å². The van der Waals surface area contributed by atoms with E-state index >= 15 is 0 Å². The van der Waals surface area contributed by atoms with E-state index in [2.05, 4.69) is 41.4 Å². The molecule has 1 unspecified atom stereocenters. The summed E-state index contributed by atoms with van der Waals surface area (Å²) < 4.78 is 12.8. The Labute approximate surface area is 191 Å². The molecular formula is C24H26N4O3S. The number of hydrogen-bond donors (Lipinski definition) is 1. The highest BCUT2D eigenvalue weighted by atomic mass is 32.2. The third-order valence-electron chi connectivity index (χ3n) is 5.20. The Kier molecular flexibility index (Phi) is 6.50. The van der Waals surface area contributed by atoms with Crippen LogP contribution in [-0.4, -0.2) is 33.6 Å². The molecule has 32 heavy (non-hydrogen) atoms. The van der Waals surface area contributed by atoms with Crippen LogP contribution >= 0.6 is 11.8 Å². The standard InChI is InChI=1S/C24H26N4O3S/c1-5-32-24-26-23-25-16(3)20(22(29)30-4)21(28(23)27-24)18-9-11-19(12-10-18)31-14-17-8-6-7-15(2)13-17/h6-13,21H,5,14H2,1-4H3,(H,25,26,27). The molecule has 1 aliphatic rings. The fraction of sp³-hybridized carbons (Fsp3) is 0.292.